The summed E-state index contributed by atoms with van der Waals surface area (Å²) in [6.07, 6.45) is 0.843. The number of benzene rings is 2. The summed E-state index contributed by atoms with van der Waals surface area (Å²) in [6.45, 7) is 3.33. The lowest BCUT2D eigenvalue weighted by Gasteiger charge is -2.34. The molecule has 0 unspecified atom stereocenters. The zero-order chi connectivity index (χ0) is 23.9. The fraction of sp³-hybridized carbons (Fsp3) is 0.417. The van der Waals surface area contributed by atoms with Crippen LogP contribution < -0.4 is 14.2 Å². The molecule has 4 heterocycles. The molecule has 1 atom stereocenters. The number of methoxy groups -OCH3 is 1. The Labute approximate surface area is 202 Å². The second-order valence-corrected chi connectivity index (χ2v) is 8.75. The minimum Gasteiger partial charge on any atom is -0.492 e. The van der Waals surface area contributed by atoms with Gasteiger partial charge in [0.05, 0.1) is 26.0 Å². The van der Waals surface area contributed by atoms with Crippen LogP contribution in [0.15, 0.2) is 30.3 Å². The Hall–Kier alpha value is -3.70. The van der Waals surface area contributed by atoms with E-state index in [1.165, 1.54) is 0 Å². The van der Waals surface area contributed by atoms with Crippen LogP contribution in [0, 0.1) is 0 Å². The molecule has 182 valence electrons. The molecule has 0 N–H and O–H groups in total. The molecule has 35 heavy (non-hydrogen) atoms. The molecule has 0 bridgehead atoms. The van der Waals surface area contributed by atoms with E-state index in [0.717, 1.165) is 29.8 Å². The van der Waals surface area contributed by atoms with Gasteiger partial charge in [-0.1, -0.05) is 0 Å². The summed E-state index contributed by atoms with van der Waals surface area (Å²) < 4.78 is 24.2. The number of rotatable bonds is 4. The van der Waals surface area contributed by atoms with Gasteiger partial charge in [-0.2, -0.15) is 4.68 Å². The molecule has 1 aromatic heterocycles. The number of fused-ring (bicyclic) bond motifs is 2. The molecule has 1 fully saturated rings. The van der Waals surface area contributed by atoms with Crippen LogP contribution in [0.25, 0.3) is 5.69 Å². The maximum atomic E-state index is 12.8. The Morgan fingerprint density at radius 1 is 1.11 bits per heavy atom. The monoisotopic (exact) mass is 478 g/mol. The lowest BCUT2D eigenvalue weighted by atomic mass is 9.90. The number of carbonyl (C=O) groups excluding carboxylic acids is 1. The number of hydrogen-bond acceptors (Lipinski definition) is 9. The van der Waals surface area contributed by atoms with Gasteiger partial charge >= 0.3 is 0 Å². The maximum Gasteiger partial charge on any atom is 0.254 e. The maximum absolute atomic E-state index is 12.8. The zero-order valence-corrected chi connectivity index (χ0v) is 19.6. The third-order valence-electron chi connectivity index (χ3n) is 6.79. The Morgan fingerprint density at radius 2 is 1.91 bits per heavy atom. The number of nitrogens with zero attached hydrogens (tertiary/aromatic N) is 6. The van der Waals surface area contributed by atoms with Gasteiger partial charge in [0.1, 0.15) is 6.04 Å². The number of morpholine rings is 1. The average Bonchev–Trinajstić information content (AvgIpc) is 3.57. The van der Waals surface area contributed by atoms with Crippen LogP contribution >= 0.6 is 0 Å². The average molecular weight is 479 g/mol. The summed E-state index contributed by atoms with van der Waals surface area (Å²) >= 11 is 0. The first kappa shape index (κ1) is 21.8. The van der Waals surface area contributed by atoms with Crippen LogP contribution in [-0.2, 0) is 11.2 Å². The number of aromatic nitrogens is 4. The smallest absolute Gasteiger partial charge is 0.254 e. The van der Waals surface area contributed by atoms with Crippen molar-refractivity contribution in [2.24, 2.45) is 0 Å². The molecular formula is C24H26N6O5. The molecule has 11 heteroatoms. The van der Waals surface area contributed by atoms with Gasteiger partial charge in [-0.15, -0.1) is 5.10 Å². The Morgan fingerprint density at radius 3 is 2.69 bits per heavy atom. The second kappa shape index (κ2) is 8.82. The number of carbonyl (C=O) groups is 1. The van der Waals surface area contributed by atoms with E-state index in [4.69, 9.17) is 18.9 Å². The number of likely N-dealkylation sites (N-methyl/N-ethyl adjacent to an activating group) is 1. The molecule has 0 saturated carbocycles. The van der Waals surface area contributed by atoms with Gasteiger partial charge in [0.25, 0.3) is 5.91 Å². The van der Waals surface area contributed by atoms with Crippen LogP contribution in [0.1, 0.15) is 33.4 Å². The highest BCUT2D eigenvalue weighted by molar-refractivity contribution is 5.94. The van der Waals surface area contributed by atoms with Gasteiger partial charge in [0.2, 0.25) is 12.5 Å². The van der Waals surface area contributed by atoms with Crippen molar-refractivity contribution in [2.75, 3.05) is 53.8 Å². The summed E-state index contributed by atoms with van der Waals surface area (Å²) in [6, 6.07) is 9.14. The molecule has 3 aromatic rings. The van der Waals surface area contributed by atoms with Crippen molar-refractivity contribution in [2.45, 2.75) is 12.5 Å². The molecule has 0 aliphatic carbocycles. The van der Waals surface area contributed by atoms with Crippen LogP contribution in [-0.4, -0.2) is 89.7 Å². The second-order valence-electron chi connectivity index (χ2n) is 8.75. The highest BCUT2D eigenvalue weighted by Gasteiger charge is 2.37. The van der Waals surface area contributed by atoms with E-state index >= 15 is 0 Å². The minimum atomic E-state index is -0.257. The Balaban J connectivity index is 1.36. The van der Waals surface area contributed by atoms with Gasteiger partial charge < -0.3 is 23.8 Å². The van der Waals surface area contributed by atoms with Gasteiger partial charge in [-0.3, -0.25) is 9.69 Å². The molecule has 0 spiro atoms. The SMILES string of the molecule is COc1c2c(cc3c1[C@@H](c1nnnn1-c1ccc(C(=O)N4CCOCC4)cc1)N(C)CC3)OCO2. The third-order valence-corrected chi connectivity index (χ3v) is 6.79. The highest BCUT2D eigenvalue weighted by Crippen LogP contribution is 2.50. The largest absolute Gasteiger partial charge is 0.492 e. The van der Waals surface area contributed by atoms with Gasteiger partial charge in [-0.05, 0) is 59.8 Å². The lowest BCUT2D eigenvalue weighted by Crippen LogP contribution is -2.40. The normalized spacial score (nSPS) is 19.5. The van der Waals surface area contributed by atoms with Gasteiger partial charge in [0.15, 0.2) is 17.3 Å². The van der Waals surface area contributed by atoms with E-state index < -0.39 is 0 Å². The number of amides is 1. The fourth-order valence-electron chi connectivity index (χ4n) is 5.00. The molecule has 1 amide bonds. The van der Waals surface area contributed by atoms with Crippen molar-refractivity contribution in [1.29, 1.82) is 0 Å². The van der Waals surface area contributed by atoms with Crippen LogP contribution in [0.3, 0.4) is 0 Å². The number of hydrogen-bond donors (Lipinski definition) is 0. The van der Waals surface area contributed by atoms with Crippen LogP contribution in [0.2, 0.25) is 0 Å². The molecule has 2 aromatic carbocycles. The molecule has 1 saturated heterocycles. The summed E-state index contributed by atoms with van der Waals surface area (Å²) in [5.74, 6) is 2.60. The quantitative estimate of drug-likeness (QED) is 0.551. The molecule has 3 aliphatic rings. The molecule has 6 rings (SSSR count). The predicted octanol–water partition coefficient (Wildman–Crippen LogP) is 1.45. The zero-order valence-electron chi connectivity index (χ0n) is 19.6. The summed E-state index contributed by atoms with van der Waals surface area (Å²) in [5, 5.41) is 12.7. The molecule has 3 aliphatic heterocycles. The highest BCUT2D eigenvalue weighted by atomic mass is 16.7. The number of tetrazole rings is 1. The first-order valence-electron chi connectivity index (χ1n) is 11.6. The standard InChI is InChI=1S/C24H26N6O5/c1-28-8-7-16-13-18-21(35-14-34-18)22(32-2)19(16)20(28)23-25-26-27-30(23)17-5-3-15(4-6-17)24(31)29-9-11-33-12-10-29/h3-6,13,20H,7-12,14H2,1-2H3/t20-/m0/s1. The Bertz CT molecular complexity index is 1250. The lowest BCUT2D eigenvalue weighted by molar-refractivity contribution is 0.0303. The van der Waals surface area contributed by atoms with Gasteiger partial charge in [-0.25, -0.2) is 0 Å². The predicted molar refractivity (Wildman–Crippen MR) is 123 cm³/mol. The summed E-state index contributed by atoms with van der Waals surface area (Å²) in [5.41, 5.74) is 3.49. The van der Waals surface area contributed by atoms with E-state index in [1.807, 2.05) is 42.3 Å². The fourth-order valence-corrected chi connectivity index (χ4v) is 5.00. The van der Waals surface area contributed by atoms with E-state index in [2.05, 4.69) is 20.4 Å². The van der Waals surface area contributed by atoms with E-state index in [1.54, 1.807) is 11.8 Å². The topological polar surface area (TPSA) is 104 Å². The first-order chi connectivity index (χ1) is 17.2. The van der Waals surface area contributed by atoms with E-state index in [9.17, 15) is 4.79 Å². The van der Waals surface area contributed by atoms with Crippen molar-refractivity contribution in [3.8, 4) is 22.9 Å². The van der Waals surface area contributed by atoms with Crippen molar-refractivity contribution in [1.82, 2.24) is 30.0 Å². The molecule has 11 nitrogen and oxygen atoms in total. The van der Waals surface area contributed by atoms with Crippen molar-refractivity contribution in [3.05, 3.63) is 52.8 Å². The minimum absolute atomic E-state index is 0.00135. The summed E-state index contributed by atoms with van der Waals surface area (Å²) in [4.78, 5) is 16.8. The summed E-state index contributed by atoms with van der Waals surface area (Å²) in [7, 11) is 3.68. The molecular weight excluding hydrogens is 452 g/mol. The third kappa shape index (κ3) is 3.67. The van der Waals surface area contributed by atoms with E-state index in [0.29, 0.717) is 54.9 Å². The van der Waals surface area contributed by atoms with Crippen molar-refractivity contribution >= 4 is 5.91 Å². The Kier molecular flexibility index (Phi) is 5.50. The van der Waals surface area contributed by atoms with Crippen molar-refractivity contribution < 1.29 is 23.7 Å². The van der Waals surface area contributed by atoms with Crippen molar-refractivity contribution in [3.63, 3.8) is 0 Å². The molecule has 0 radical (unpaired) electrons. The van der Waals surface area contributed by atoms with Gasteiger partial charge in [0, 0.05) is 30.8 Å². The first-order valence-corrected chi connectivity index (χ1v) is 11.6. The van der Waals surface area contributed by atoms with E-state index in [-0.39, 0.29) is 18.7 Å². The number of ether oxygens (including phenoxy) is 4. The van der Waals surface area contributed by atoms with Crippen LogP contribution in [0.5, 0.6) is 17.2 Å². The van der Waals surface area contributed by atoms with Crippen LogP contribution in [0.4, 0.5) is 0 Å².